The topological polar surface area (TPSA) is 41.5 Å². The van der Waals surface area contributed by atoms with Crippen LogP contribution in [-0.2, 0) is 17.7 Å². The van der Waals surface area contributed by atoms with Gasteiger partial charge >= 0.3 is 0 Å². The Morgan fingerprint density at radius 1 is 1.07 bits per heavy atom. The van der Waals surface area contributed by atoms with Gasteiger partial charge in [0.05, 0.1) is 12.3 Å². The van der Waals surface area contributed by atoms with Crippen molar-refractivity contribution in [3.8, 4) is 0 Å². The maximum absolute atomic E-state index is 6.33. The number of hydrogen-bond donors (Lipinski definition) is 0. The van der Waals surface area contributed by atoms with Gasteiger partial charge in [-0.3, -0.25) is 9.88 Å². The zero-order valence-corrected chi connectivity index (χ0v) is 18.2. The van der Waals surface area contributed by atoms with Crippen LogP contribution in [0.25, 0.3) is 0 Å². The highest BCUT2D eigenvalue weighted by atomic mass is 35.5. The summed E-state index contributed by atoms with van der Waals surface area (Å²) in [5.41, 5.74) is 4.29. The lowest BCUT2D eigenvalue weighted by atomic mass is 10.1. The molecule has 0 N–H and O–H groups in total. The Bertz CT molecular complexity index is 994. The van der Waals surface area contributed by atoms with E-state index in [-0.39, 0.29) is 6.10 Å². The van der Waals surface area contributed by atoms with Gasteiger partial charge in [0.25, 0.3) is 0 Å². The normalized spacial score (nSPS) is 17.1. The van der Waals surface area contributed by atoms with E-state index < -0.39 is 0 Å². The molecule has 1 saturated heterocycles. The fraction of sp³-hybridized carbons (Fsp3) is 0.333. The summed E-state index contributed by atoms with van der Waals surface area (Å²) in [6.07, 6.45) is 2.52. The smallest absolute Gasteiger partial charge is 0.132 e. The highest BCUT2D eigenvalue weighted by Crippen LogP contribution is 2.25. The number of anilines is 1. The fourth-order valence-electron chi connectivity index (χ4n) is 3.84. The second-order valence-electron chi connectivity index (χ2n) is 7.80. The third-order valence-corrected chi connectivity index (χ3v) is 5.69. The van der Waals surface area contributed by atoms with Gasteiger partial charge in [0.2, 0.25) is 0 Å². The van der Waals surface area contributed by atoms with E-state index in [0.29, 0.717) is 13.0 Å². The van der Waals surface area contributed by atoms with Gasteiger partial charge in [-0.2, -0.15) is 0 Å². The number of pyridine rings is 2. The van der Waals surface area contributed by atoms with Crippen LogP contribution in [0.1, 0.15) is 28.6 Å². The Kier molecular flexibility index (Phi) is 6.62. The van der Waals surface area contributed by atoms with Gasteiger partial charge in [-0.15, -0.1) is 0 Å². The molecule has 1 aliphatic heterocycles. The quantitative estimate of drug-likeness (QED) is 0.590. The van der Waals surface area contributed by atoms with Crippen molar-refractivity contribution < 1.29 is 4.74 Å². The lowest BCUT2D eigenvalue weighted by Crippen LogP contribution is -2.38. The Morgan fingerprint density at radius 2 is 1.90 bits per heavy atom. The monoisotopic (exact) mass is 422 g/mol. The molecule has 30 heavy (non-hydrogen) atoms. The largest absolute Gasteiger partial charge is 0.369 e. The van der Waals surface area contributed by atoms with Crippen molar-refractivity contribution in [3.63, 3.8) is 0 Å². The second kappa shape index (κ2) is 9.56. The predicted molar refractivity (Wildman–Crippen MR) is 121 cm³/mol. The van der Waals surface area contributed by atoms with Crippen LogP contribution in [0.4, 0.5) is 5.82 Å². The van der Waals surface area contributed by atoms with E-state index in [4.69, 9.17) is 21.3 Å². The van der Waals surface area contributed by atoms with Gasteiger partial charge in [-0.25, -0.2) is 4.98 Å². The third kappa shape index (κ3) is 4.98. The van der Waals surface area contributed by atoms with Gasteiger partial charge in [-0.05, 0) is 29.8 Å². The number of aromatic nitrogens is 2. The van der Waals surface area contributed by atoms with E-state index in [9.17, 15) is 0 Å². The molecule has 0 radical (unpaired) electrons. The molecule has 1 unspecified atom stereocenters. The number of halogens is 1. The van der Waals surface area contributed by atoms with Gasteiger partial charge in [0.1, 0.15) is 11.9 Å². The Morgan fingerprint density at radius 3 is 2.73 bits per heavy atom. The van der Waals surface area contributed by atoms with Gasteiger partial charge in [0, 0.05) is 62.6 Å². The molecule has 6 heteroatoms. The first-order chi connectivity index (χ1) is 14.6. The van der Waals surface area contributed by atoms with Crippen molar-refractivity contribution >= 4 is 17.4 Å². The van der Waals surface area contributed by atoms with Crippen LogP contribution in [0.3, 0.4) is 0 Å². The number of morpholine rings is 1. The molecule has 1 atom stereocenters. The molecule has 1 aliphatic rings. The molecular formula is C24H27ClN4O. The SMILES string of the molecule is CN(C)c1ncccc1CN1CCOC(c2cccc(Cc3ccccc3Cl)n2)C1. The standard InChI is InChI=1S/C24H27ClN4O/c1-28(2)24-19(8-6-12-26-24)16-29-13-14-30-23(17-29)22-11-5-9-20(27-22)15-18-7-3-4-10-21(18)25/h3-12,23H,13-17H2,1-2H3. The minimum atomic E-state index is -0.0376. The van der Waals surface area contributed by atoms with Crippen LogP contribution >= 0.6 is 11.6 Å². The Labute approximate surface area is 183 Å². The average molecular weight is 423 g/mol. The lowest BCUT2D eigenvalue weighted by molar-refractivity contribution is -0.0350. The Hall–Kier alpha value is -2.47. The first-order valence-electron chi connectivity index (χ1n) is 10.2. The van der Waals surface area contributed by atoms with Crippen LogP contribution < -0.4 is 4.90 Å². The lowest BCUT2D eigenvalue weighted by Gasteiger charge is -2.33. The van der Waals surface area contributed by atoms with E-state index in [0.717, 1.165) is 47.4 Å². The molecule has 1 fully saturated rings. The van der Waals surface area contributed by atoms with Crippen molar-refractivity contribution in [3.05, 3.63) is 88.3 Å². The maximum atomic E-state index is 6.33. The summed E-state index contributed by atoms with van der Waals surface area (Å²) in [5.74, 6) is 1.01. The van der Waals surface area contributed by atoms with Gasteiger partial charge in [0.15, 0.2) is 0 Å². The summed E-state index contributed by atoms with van der Waals surface area (Å²) in [7, 11) is 4.06. The van der Waals surface area contributed by atoms with E-state index in [1.807, 2.05) is 56.7 Å². The summed E-state index contributed by atoms with van der Waals surface area (Å²) in [4.78, 5) is 13.9. The minimum absolute atomic E-state index is 0.0376. The third-order valence-electron chi connectivity index (χ3n) is 5.32. The molecule has 0 spiro atoms. The number of nitrogens with zero attached hydrogens (tertiary/aromatic N) is 4. The number of benzene rings is 1. The maximum Gasteiger partial charge on any atom is 0.132 e. The molecule has 0 saturated carbocycles. The summed E-state index contributed by atoms with van der Waals surface area (Å²) in [5, 5.41) is 0.776. The predicted octanol–water partition coefficient (Wildman–Crippen LogP) is 4.36. The van der Waals surface area contributed by atoms with Crippen molar-refractivity contribution in [1.29, 1.82) is 0 Å². The molecule has 3 heterocycles. The zero-order chi connectivity index (χ0) is 20.9. The fourth-order valence-corrected chi connectivity index (χ4v) is 4.04. The van der Waals surface area contributed by atoms with E-state index >= 15 is 0 Å². The molecule has 156 valence electrons. The first-order valence-corrected chi connectivity index (χ1v) is 10.6. The van der Waals surface area contributed by atoms with Crippen molar-refractivity contribution in [2.75, 3.05) is 38.7 Å². The molecule has 0 amide bonds. The molecule has 0 bridgehead atoms. The number of rotatable bonds is 6. The summed E-state index contributed by atoms with van der Waals surface area (Å²) >= 11 is 6.33. The van der Waals surface area contributed by atoms with Crippen LogP contribution in [0.5, 0.6) is 0 Å². The molecule has 4 rings (SSSR count). The van der Waals surface area contributed by atoms with Gasteiger partial charge < -0.3 is 9.64 Å². The summed E-state index contributed by atoms with van der Waals surface area (Å²) in [6, 6.07) is 18.2. The van der Waals surface area contributed by atoms with E-state index in [2.05, 4.69) is 33.0 Å². The first kappa shape index (κ1) is 20.8. The molecule has 1 aromatic carbocycles. The van der Waals surface area contributed by atoms with Crippen molar-refractivity contribution in [2.24, 2.45) is 0 Å². The van der Waals surface area contributed by atoms with Crippen molar-refractivity contribution in [2.45, 2.75) is 19.1 Å². The van der Waals surface area contributed by atoms with Crippen LogP contribution in [0.15, 0.2) is 60.8 Å². The van der Waals surface area contributed by atoms with E-state index in [1.54, 1.807) is 0 Å². The molecule has 0 aliphatic carbocycles. The second-order valence-corrected chi connectivity index (χ2v) is 8.20. The molecule has 5 nitrogen and oxygen atoms in total. The number of hydrogen-bond acceptors (Lipinski definition) is 5. The zero-order valence-electron chi connectivity index (χ0n) is 17.5. The van der Waals surface area contributed by atoms with Crippen molar-refractivity contribution in [1.82, 2.24) is 14.9 Å². The highest BCUT2D eigenvalue weighted by Gasteiger charge is 2.24. The summed E-state index contributed by atoms with van der Waals surface area (Å²) in [6.45, 7) is 3.25. The van der Waals surface area contributed by atoms with Crippen LogP contribution in [0.2, 0.25) is 5.02 Å². The Balaban J connectivity index is 1.47. The summed E-state index contributed by atoms with van der Waals surface area (Å²) < 4.78 is 6.08. The average Bonchev–Trinajstić information content (AvgIpc) is 2.76. The van der Waals surface area contributed by atoms with E-state index in [1.165, 1.54) is 5.56 Å². The molecule has 3 aromatic rings. The van der Waals surface area contributed by atoms with Crippen LogP contribution in [-0.4, -0.2) is 48.7 Å². The molecular weight excluding hydrogens is 396 g/mol. The van der Waals surface area contributed by atoms with Gasteiger partial charge in [-0.1, -0.05) is 41.9 Å². The number of ether oxygens (including phenoxy) is 1. The highest BCUT2D eigenvalue weighted by molar-refractivity contribution is 6.31. The minimum Gasteiger partial charge on any atom is -0.369 e. The molecule has 2 aromatic heterocycles. The van der Waals surface area contributed by atoms with Crippen LogP contribution in [0, 0.1) is 0 Å².